The fraction of sp³-hybridized carbons (Fsp3) is 0.417. The summed E-state index contributed by atoms with van der Waals surface area (Å²) in [6.45, 7) is -0.430. The van der Waals surface area contributed by atoms with Crippen LogP contribution in [-0.4, -0.2) is 54.9 Å². The molecular weight excluding hydrogens is 282 g/mol. The van der Waals surface area contributed by atoms with Crippen molar-refractivity contribution < 1.29 is 25.0 Å². The molecule has 2 heterocycles. The van der Waals surface area contributed by atoms with Crippen LogP contribution in [0.25, 0.3) is 10.9 Å². The van der Waals surface area contributed by atoms with Gasteiger partial charge in [0.2, 0.25) is 0 Å². The van der Waals surface area contributed by atoms with E-state index in [2.05, 4.69) is 5.10 Å². The molecule has 1 aliphatic heterocycles. The number of aromatic nitrogens is 2. The smallest absolute Gasteiger partial charge is 0.270 e. The standard InChI is InChI=1S/C12H13N3O6/c16-5-9-10(17)11(18)12(21-9)14-4-6-3-7(15(19)20)1-2-8(6)13-14/h1-4,9-12,16-18H,5H2/t9-,10+,11+,12+/m0/s1. The Bertz CT molecular complexity index is 687. The molecule has 9 heteroatoms. The highest BCUT2D eigenvalue weighted by Gasteiger charge is 2.43. The van der Waals surface area contributed by atoms with Crippen molar-refractivity contribution in [2.45, 2.75) is 24.5 Å². The fourth-order valence-corrected chi connectivity index (χ4v) is 2.37. The van der Waals surface area contributed by atoms with Crippen LogP contribution in [-0.2, 0) is 4.74 Å². The molecular formula is C12H13N3O6. The highest BCUT2D eigenvalue weighted by molar-refractivity contribution is 5.80. The summed E-state index contributed by atoms with van der Waals surface area (Å²) in [5.74, 6) is 0. The molecule has 3 rings (SSSR count). The lowest BCUT2D eigenvalue weighted by molar-refractivity contribution is -0.384. The van der Waals surface area contributed by atoms with Crippen molar-refractivity contribution in [1.29, 1.82) is 0 Å². The molecule has 0 saturated carbocycles. The third-order valence-electron chi connectivity index (χ3n) is 3.49. The van der Waals surface area contributed by atoms with E-state index in [-0.39, 0.29) is 5.69 Å². The SMILES string of the molecule is O=[N+]([O-])c1ccc2nn([C@@H]3O[C@@H](CO)[C@@H](O)[C@H]3O)cc2c1. The highest BCUT2D eigenvalue weighted by Crippen LogP contribution is 2.30. The molecule has 4 atom stereocenters. The van der Waals surface area contributed by atoms with Gasteiger partial charge in [0.05, 0.1) is 17.0 Å². The molecule has 1 aromatic heterocycles. The molecule has 2 aromatic rings. The first-order chi connectivity index (χ1) is 10.0. The molecule has 1 saturated heterocycles. The van der Waals surface area contributed by atoms with E-state index in [0.717, 1.165) is 0 Å². The normalized spacial score (nSPS) is 29.1. The Morgan fingerprint density at radius 2 is 2.14 bits per heavy atom. The number of hydrogen-bond donors (Lipinski definition) is 3. The summed E-state index contributed by atoms with van der Waals surface area (Å²) in [6.07, 6.45) is -2.83. The van der Waals surface area contributed by atoms with Crippen molar-refractivity contribution in [2.75, 3.05) is 6.61 Å². The van der Waals surface area contributed by atoms with E-state index in [1.54, 1.807) is 0 Å². The summed E-state index contributed by atoms with van der Waals surface area (Å²) in [5.41, 5.74) is 0.432. The first-order valence-corrected chi connectivity index (χ1v) is 6.27. The molecule has 0 bridgehead atoms. The van der Waals surface area contributed by atoms with E-state index in [4.69, 9.17) is 9.84 Å². The second-order valence-corrected chi connectivity index (χ2v) is 4.84. The van der Waals surface area contributed by atoms with Crippen LogP contribution in [0.4, 0.5) is 5.69 Å². The molecule has 0 radical (unpaired) electrons. The van der Waals surface area contributed by atoms with Crippen LogP contribution in [0.5, 0.6) is 0 Å². The van der Waals surface area contributed by atoms with E-state index in [1.807, 2.05) is 0 Å². The van der Waals surface area contributed by atoms with Crippen molar-refractivity contribution in [3.05, 3.63) is 34.5 Å². The Hall–Kier alpha value is -2.07. The molecule has 1 fully saturated rings. The van der Waals surface area contributed by atoms with Crippen molar-refractivity contribution in [3.63, 3.8) is 0 Å². The van der Waals surface area contributed by atoms with Gasteiger partial charge in [0, 0.05) is 23.7 Å². The Labute approximate surface area is 118 Å². The number of non-ortho nitro benzene ring substituents is 1. The zero-order valence-electron chi connectivity index (χ0n) is 10.7. The molecule has 0 spiro atoms. The molecule has 21 heavy (non-hydrogen) atoms. The highest BCUT2D eigenvalue weighted by atomic mass is 16.6. The van der Waals surface area contributed by atoms with Crippen LogP contribution in [0, 0.1) is 10.1 Å². The molecule has 112 valence electrons. The number of nitro benzene ring substituents is 1. The first-order valence-electron chi connectivity index (χ1n) is 6.27. The van der Waals surface area contributed by atoms with E-state index in [1.165, 1.54) is 29.1 Å². The first kappa shape index (κ1) is 13.9. The zero-order valence-corrected chi connectivity index (χ0v) is 10.7. The number of aliphatic hydroxyl groups is 3. The second-order valence-electron chi connectivity index (χ2n) is 4.84. The zero-order chi connectivity index (χ0) is 15.1. The summed E-state index contributed by atoms with van der Waals surface area (Å²) in [6, 6.07) is 4.18. The van der Waals surface area contributed by atoms with E-state index < -0.39 is 36.1 Å². The number of rotatable bonds is 3. The summed E-state index contributed by atoms with van der Waals surface area (Å²) in [4.78, 5) is 10.2. The van der Waals surface area contributed by atoms with E-state index in [9.17, 15) is 20.3 Å². The Morgan fingerprint density at radius 3 is 2.76 bits per heavy atom. The fourth-order valence-electron chi connectivity index (χ4n) is 2.37. The van der Waals surface area contributed by atoms with Crippen molar-refractivity contribution in [1.82, 2.24) is 9.78 Å². The van der Waals surface area contributed by atoms with Gasteiger partial charge < -0.3 is 20.1 Å². The van der Waals surface area contributed by atoms with Crippen LogP contribution in [0.2, 0.25) is 0 Å². The minimum atomic E-state index is -1.24. The second kappa shape index (κ2) is 5.04. The van der Waals surface area contributed by atoms with Crippen LogP contribution >= 0.6 is 0 Å². The van der Waals surface area contributed by atoms with Gasteiger partial charge in [-0.2, -0.15) is 5.10 Å². The molecule has 1 aromatic carbocycles. The lowest BCUT2D eigenvalue weighted by Gasteiger charge is -2.14. The average Bonchev–Trinajstić information content (AvgIpc) is 3.00. The van der Waals surface area contributed by atoms with Gasteiger partial charge in [-0.25, -0.2) is 4.68 Å². The molecule has 9 nitrogen and oxygen atoms in total. The number of hydrogen-bond acceptors (Lipinski definition) is 7. The van der Waals surface area contributed by atoms with Crippen molar-refractivity contribution >= 4 is 16.6 Å². The van der Waals surface area contributed by atoms with E-state index >= 15 is 0 Å². The van der Waals surface area contributed by atoms with Gasteiger partial charge in [-0.15, -0.1) is 0 Å². The third-order valence-corrected chi connectivity index (χ3v) is 3.49. The Morgan fingerprint density at radius 1 is 1.38 bits per heavy atom. The van der Waals surface area contributed by atoms with Gasteiger partial charge in [0.15, 0.2) is 6.23 Å². The maximum atomic E-state index is 10.7. The molecule has 0 amide bonds. The van der Waals surface area contributed by atoms with Gasteiger partial charge >= 0.3 is 0 Å². The maximum absolute atomic E-state index is 10.7. The summed E-state index contributed by atoms with van der Waals surface area (Å²) < 4.78 is 6.63. The lowest BCUT2D eigenvalue weighted by atomic mass is 10.1. The van der Waals surface area contributed by atoms with Crippen LogP contribution < -0.4 is 0 Å². The van der Waals surface area contributed by atoms with Gasteiger partial charge in [0.1, 0.15) is 18.3 Å². The summed E-state index contributed by atoms with van der Waals surface area (Å²) in [7, 11) is 0. The predicted octanol–water partition coefficient (Wildman–Crippen LogP) is -0.444. The number of aliphatic hydroxyl groups excluding tert-OH is 3. The van der Waals surface area contributed by atoms with Gasteiger partial charge in [-0.3, -0.25) is 10.1 Å². The molecule has 1 aliphatic rings. The topological polar surface area (TPSA) is 131 Å². The van der Waals surface area contributed by atoms with Crippen LogP contribution in [0.1, 0.15) is 6.23 Å². The van der Waals surface area contributed by atoms with Crippen molar-refractivity contribution in [3.8, 4) is 0 Å². The number of nitrogens with zero attached hydrogens (tertiary/aromatic N) is 3. The monoisotopic (exact) mass is 295 g/mol. The number of fused-ring (bicyclic) bond motifs is 1. The molecule has 0 aliphatic carbocycles. The third kappa shape index (κ3) is 2.25. The van der Waals surface area contributed by atoms with Gasteiger partial charge in [-0.05, 0) is 6.07 Å². The van der Waals surface area contributed by atoms with Crippen LogP contribution in [0.15, 0.2) is 24.4 Å². The lowest BCUT2D eigenvalue weighted by Crippen LogP contribution is -2.33. The predicted molar refractivity (Wildman–Crippen MR) is 69.4 cm³/mol. The van der Waals surface area contributed by atoms with E-state index in [0.29, 0.717) is 10.9 Å². The Balaban J connectivity index is 1.96. The molecule has 3 N–H and O–H groups in total. The average molecular weight is 295 g/mol. The van der Waals surface area contributed by atoms with Gasteiger partial charge in [0.25, 0.3) is 5.69 Å². The minimum absolute atomic E-state index is 0.0665. The number of ether oxygens (including phenoxy) is 1. The number of nitro groups is 1. The number of benzene rings is 1. The maximum Gasteiger partial charge on any atom is 0.270 e. The largest absolute Gasteiger partial charge is 0.394 e. The quantitative estimate of drug-likeness (QED) is 0.516. The Kier molecular flexibility index (Phi) is 3.33. The molecule has 0 unspecified atom stereocenters. The summed E-state index contributed by atoms with van der Waals surface area (Å²) >= 11 is 0. The minimum Gasteiger partial charge on any atom is -0.394 e. The summed E-state index contributed by atoms with van der Waals surface area (Å²) in [5, 5.41) is 44.1. The van der Waals surface area contributed by atoms with Gasteiger partial charge in [-0.1, -0.05) is 0 Å². The van der Waals surface area contributed by atoms with Crippen LogP contribution in [0.3, 0.4) is 0 Å². The van der Waals surface area contributed by atoms with Crippen molar-refractivity contribution in [2.24, 2.45) is 0 Å².